The standard InChI is InChI=1S/C12H17N5O4S/c1-4-17-7-10(14-8(17)2)22(20,21)15-11(12(18)19)9-5-13-16(3)6-9/h5-7,11,15H,4H2,1-3H3,(H,18,19). The number of carboxylic acids is 1. The smallest absolute Gasteiger partial charge is 0.326 e. The highest BCUT2D eigenvalue weighted by Crippen LogP contribution is 2.17. The topological polar surface area (TPSA) is 119 Å². The molecule has 0 amide bonds. The van der Waals surface area contributed by atoms with Gasteiger partial charge in [-0.15, -0.1) is 0 Å². The van der Waals surface area contributed by atoms with E-state index in [9.17, 15) is 18.3 Å². The number of carboxylic acid groups (broad SMARTS) is 1. The van der Waals surface area contributed by atoms with E-state index in [0.29, 0.717) is 12.4 Å². The highest BCUT2D eigenvalue weighted by molar-refractivity contribution is 7.89. The zero-order chi connectivity index (χ0) is 16.5. The Bertz CT molecular complexity index is 792. The summed E-state index contributed by atoms with van der Waals surface area (Å²) in [5.41, 5.74) is 0.241. The molecule has 9 nitrogen and oxygen atoms in total. The Kier molecular flexibility index (Phi) is 4.33. The van der Waals surface area contributed by atoms with E-state index in [-0.39, 0.29) is 10.6 Å². The number of aliphatic carboxylic acids is 1. The van der Waals surface area contributed by atoms with Crippen molar-refractivity contribution in [3.63, 3.8) is 0 Å². The van der Waals surface area contributed by atoms with Gasteiger partial charge in [0.05, 0.1) is 6.20 Å². The van der Waals surface area contributed by atoms with Crippen molar-refractivity contribution < 1.29 is 18.3 Å². The third-order valence-electron chi connectivity index (χ3n) is 3.15. The zero-order valence-corrected chi connectivity index (χ0v) is 13.2. The van der Waals surface area contributed by atoms with Crippen molar-refractivity contribution in [3.8, 4) is 0 Å². The summed E-state index contributed by atoms with van der Waals surface area (Å²) >= 11 is 0. The van der Waals surface area contributed by atoms with Gasteiger partial charge in [0.25, 0.3) is 10.0 Å². The number of sulfonamides is 1. The Morgan fingerprint density at radius 1 is 1.45 bits per heavy atom. The van der Waals surface area contributed by atoms with Crippen molar-refractivity contribution in [1.82, 2.24) is 24.1 Å². The molecule has 0 aromatic carbocycles. The number of rotatable bonds is 6. The molecule has 0 saturated heterocycles. The molecule has 120 valence electrons. The van der Waals surface area contributed by atoms with E-state index in [1.807, 2.05) is 6.92 Å². The normalized spacial score (nSPS) is 13.2. The van der Waals surface area contributed by atoms with Gasteiger partial charge in [-0.3, -0.25) is 9.48 Å². The molecule has 0 fully saturated rings. The van der Waals surface area contributed by atoms with E-state index in [0.717, 1.165) is 0 Å². The van der Waals surface area contributed by atoms with Crippen molar-refractivity contribution in [2.75, 3.05) is 0 Å². The second-order valence-electron chi connectivity index (χ2n) is 4.75. The first-order valence-corrected chi connectivity index (χ1v) is 8.00. The van der Waals surface area contributed by atoms with E-state index >= 15 is 0 Å². The zero-order valence-electron chi connectivity index (χ0n) is 12.4. The number of imidazole rings is 1. The van der Waals surface area contributed by atoms with Gasteiger partial charge in [-0.1, -0.05) is 0 Å². The first kappa shape index (κ1) is 16.2. The van der Waals surface area contributed by atoms with Gasteiger partial charge in [-0.05, 0) is 13.8 Å². The SMILES string of the molecule is CCn1cc(S(=O)(=O)NC(C(=O)O)c2cnn(C)c2)nc1C. The van der Waals surface area contributed by atoms with Crippen molar-refractivity contribution in [3.05, 3.63) is 30.0 Å². The number of nitrogens with one attached hydrogen (secondary N) is 1. The van der Waals surface area contributed by atoms with Gasteiger partial charge in [0.2, 0.25) is 0 Å². The van der Waals surface area contributed by atoms with E-state index in [1.165, 1.54) is 23.3 Å². The molecule has 2 aromatic rings. The van der Waals surface area contributed by atoms with Crippen LogP contribution in [0.2, 0.25) is 0 Å². The number of hydrogen-bond donors (Lipinski definition) is 2. The number of hydrogen-bond acceptors (Lipinski definition) is 5. The van der Waals surface area contributed by atoms with Crippen LogP contribution in [0.25, 0.3) is 0 Å². The molecule has 2 heterocycles. The minimum Gasteiger partial charge on any atom is -0.480 e. The van der Waals surface area contributed by atoms with Crippen LogP contribution in [-0.4, -0.2) is 38.8 Å². The van der Waals surface area contributed by atoms with Gasteiger partial charge in [0.15, 0.2) is 5.03 Å². The predicted molar refractivity (Wildman–Crippen MR) is 76.5 cm³/mol. The summed E-state index contributed by atoms with van der Waals surface area (Å²) in [5, 5.41) is 12.9. The largest absolute Gasteiger partial charge is 0.480 e. The Hall–Kier alpha value is -2.20. The van der Waals surface area contributed by atoms with E-state index in [1.54, 1.807) is 18.5 Å². The molecular weight excluding hydrogens is 310 g/mol. The fraction of sp³-hybridized carbons (Fsp3) is 0.417. The Morgan fingerprint density at radius 3 is 2.59 bits per heavy atom. The molecule has 0 aliphatic rings. The van der Waals surface area contributed by atoms with Crippen LogP contribution in [0.4, 0.5) is 0 Å². The second kappa shape index (κ2) is 5.89. The number of aromatic nitrogens is 4. The molecule has 0 radical (unpaired) electrons. The van der Waals surface area contributed by atoms with Crippen LogP contribution in [0, 0.1) is 6.92 Å². The quantitative estimate of drug-likeness (QED) is 0.773. The van der Waals surface area contributed by atoms with Crippen LogP contribution in [0.5, 0.6) is 0 Å². The van der Waals surface area contributed by atoms with Crippen LogP contribution in [0.1, 0.15) is 24.4 Å². The first-order chi connectivity index (χ1) is 10.2. The number of nitrogens with zero attached hydrogens (tertiary/aromatic N) is 4. The van der Waals surface area contributed by atoms with Gasteiger partial charge >= 0.3 is 5.97 Å². The molecule has 0 saturated carbocycles. The van der Waals surface area contributed by atoms with Gasteiger partial charge in [-0.25, -0.2) is 13.4 Å². The molecule has 0 bridgehead atoms. The Balaban J connectivity index is 2.34. The summed E-state index contributed by atoms with van der Waals surface area (Å²) < 4.78 is 29.9. The summed E-state index contributed by atoms with van der Waals surface area (Å²) in [6.07, 6.45) is 4.12. The van der Waals surface area contributed by atoms with Gasteiger partial charge in [0, 0.05) is 31.5 Å². The van der Waals surface area contributed by atoms with Crippen LogP contribution < -0.4 is 4.72 Å². The van der Waals surface area contributed by atoms with Gasteiger partial charge < -0.3 is 9.67 Å². The maximum atomic E-state index is 12.3. The summed E-state index contributed by atoms with van der Waals surface area (Å²) in [4.78, 5) is 15.3. The fourth-order valence-corrected chi connectivity index (χ4v) is 3.18. The highest BCUT2D eigenvalue weighted by atomic mass is 32.2. The molecule has 2 aromatic heterocycles. The molecule has 0 aliphatic heterocycles. The predicted octanol–water partition coefficient (Wildman–Crippen LogP) is 0.0491. The van der Waals surface area contributed by atoms with E-state index in [4.69, 9.17) is 0 Å². The molecule has 2 N–H and O–H groups in total. The third kappa shape index (κ3) is 3.17. The monoisotopic (exact) mass is 327 g/mol. The molecule has 2 rings (SSSR count). The highest BCUT2D eigenvalue weighted by Gasteiger charge is 2.29. The van der Waals surface area contributed by atoms with Crippen molar-refractivity contribution in [1.29, 1.82) is 0 Å². The number of carbonyl (C=O) groups is 1. The lowest BCUT2D eigenvalue weighted by atomic mass is 10.2. The molecule has 22 heavy (non-hydrogen) atoms. The van der Waals surface area contributed by atoms with E-state index < -0.39 is 22.0 Å². The molecule has 10 heteroatoms. The molecule has 1 unspecified atom stereocenters. The molecular formula is C12H17N5O4S. The Morgan fingerprint density at radius 2 is 2.14 bits per heavy atom. The Labute approximate surface area is 127 Å². The second-order valence-corrected chi connectivity index (χ2v) is 6.41. The average molecular weight is 327 g/mol. The average Bonchev–Trinajstić information content (AvgIpc) is 3.02. The van der Waals surface area contributed by atoms with Crippen LogP contribution in [0.15, 0.2) is 23.6 Å². The molecule has 0 aliphatic carbocycles. The fourth-order valence-electron chi connectivity index (χ4n) is 1.99. The van der Waals surface area contributed by atoms with Crippen molar-refractivity contribution in [2.45, 2.75) is 31.5 Å². The van der Waals surface area contributed by atoms with Gasteiger partial charge in [0.1, 0.15) is 11.9 Å². The summed E-state index contributed by atoms with van der Waals surface area (Å²) in [5.74, 6) is -0.778. The lowest BCUT2D eigenvalue weighted by molar-refractivity contribution is -0.139. The maximum absolute atomic E-state index is 12.3. The van der Waals surface area contributed by atoms with Crippen LogP contribution >= 0.6 is 0 Å². The first-order valence-electron chi connectivity index (χ1n) is 6.52. The number of aryl methyl sites for hydroxylation is 3. The minimum atomic E-state index is -4.05. The van der Waals surface area contributed by atoms with Crippen molar-refractivity contribution in [2.24, 2.45) is 7.05 Å². The van der Waals surface area contributed by atoms with E-state index in [2.05, 4.69) is 14.8 Å². The maximum Gasteiger partial charge on any atom is 0.326 e. The summed E-state index contributed by atoms with van der Waals surface area (Å²) in [7, 11) is -2.44. The van der Waals surface area contributed by atoms with Crippen LogP contribution in [0.3, 0.4) is 0 Å². The molecule has 1 atom stereocenters. The van der Waals surface area contributed by atoms with Crippen molar-refractivity contribution >= 4 is 16.0 Å². The summed E-state index contributed by atoms with van der Waals surface area (Å²) in [6.45, 7) is 4.10. The minimum absolute atomic E-state index is 0.206. The third-order valence-corrected chi connectivity index (χ3v) is 4.44. The lowest BCUT2D eigenvalue weighted by Crippen LogP contribution is -2.33. The van der Waals surface area contributed by atoms with Crippen LogP contribution in [-0.2, 0) is 28.4 Å². The van der Waals surface area contributed by atoms with Gasteiger partial charge in [-0.2, -0.15) is 9.82 Å². The molecule has 0 spiro atoms. The summed E-state index contributed by atoms with van der Waals surface area (Å²) in [6, 6.07) is -1.43. The lowest BCUT2D eigenvalue weighted by Gasteiger charge is -2.11.